The van der Waals surface area contributed by atoms with Crippen LogP contribution < -0.4 is 5.32 Å². The van der Waals surface area contributed by atoms with Crippen LogP contribution in [-0.2, 0) is 4.79 Å². The minimum atomic E-state index is -0.433. The quantitative estimate of drug-likeness (QED) is 0.704. The number of amides is 3. The van der Waals surface area contributed by atoms with E-state index < -0.39 is 5.54 Å². The van der Waals surface area contributed by atoms with Gasteiger partial charge in [-0.15, -0.1) is 0 Å². The van der Waals surface area contributed by atoms with Crippen molar-refractivity contribution in [3.05, 3.63) is 0 Å². The number of rotatable bonds is 0. The zero-order valence-corrected chi connectivity index (χ0v) is 11.0. The van der Waals surface area contributed by atoms with E-state index in [1.54, 1.807) is 0 Å². The van der Waals surface area contributed by atoms with Crippen LogP contribution in [0.3, 0.4) is 0 Å². The molecule has 1 aliphatic heterocycles. The van der Waals surface area contributed by atoms with Crippen molar-refractivity contribution in [2.24, 2.45) is 0 Å². The second kappa shape index (κ2) is 4.00. The van der Waals surface area contributed by atoms with Crippen LogP contribution >= 0.6 is 0 Å². The van der Waals surface area contributed by atoms with Crippen molar-refractivity contribution in [3.8, 4) is 0 Å². The highest BCUT2D eigenvalue weighted by Gasteiger charge is 2.46. The maximum atomic E-state index is 12.2. The molecule has 0 bridgehead atoms. The van der Waals surface area contributed by atoms with Gasteiger partial charge in [0.25, 0.3) is 0 Å². The summed E-state index contributed by atoms with van der Waals surface area (Å²) in [5, 5.41) is 3.08. The van der Waals surface area contributed by atoms with Crippen molar-refractivity contribution in [2.45, 2.75) is 70.4 Å². The topological polar surface area (TPSA) is 49.4 Å². The Bertz CT molecular complexity index is 318. The van der Waals surface area contributed by atoms with Crippen molar-refractivity contribution >= 4 is 11.9 Å². The van der Waals surface area contributed by atoms with Crippen molar-refractivity contribution in [2.75, 3.05) is 0 Å². The fraction of sp³-hybridized carbons (Fsp3) is 0.846. The summed E-state index contributed by atoms with van der Waals surface area (Å²) < 4.78 is 0. The van der Waals surface area contributed by atoms with Gasteiger partial charge in [0.05, 0.1) is 12.0 Å². The molecule has 4 nitrogen and oxygen atoms in total. The van der Waals surface area contributed by atoms with Gasteiger partial charge in [0.15, 0.2) is 0 Å². The van der Waals surface area contributed by atoms with E-state index in [0.717, 1.165) is 25.7 Å². The first kappa shape index (κ1) is 12.4. The average molecular weight is 238 g/mol. The van der Waals surface area contributed by atoms with E-state index in [9.17, 15) is 9.59 Å². The lowest BCUT2D eigenvalue weighted by atomic mass is 9.77. The summed E-state index contributed by atoms with van der Waals surface area (Å²) in [5.41, 5.74) is -0.675. The summed E-state index contributed by atoms with van der Waals surface area (Å²) in [4.78, 5) is 25.7. The molecule has 1 saturated carbocycles. The predicted octanol–water partition coefficient (Wildman–Crippen LogP) is 2.43. The normalized spacial score (nSPS) is 25.0. The van der Waals surface area contributed by atoms with Gasteiger partial charge in [-0.25, -0.2) is 4.79 Å². The van der Waals surface area contributed by atoms with Crippen molar-refractivity contribution in [1.82, 2.24) is 10.2 Å². The third kappa shape index (κ3) is 2.31. The predicted molar refractivity (Wildman–Crippen MR) is 65.6 cm³/mol. The summed E-state index contributed by atoms with van der Waals surface area (Å²) in [6, 6.07) is -0.212. The van der Waals surface area contributed by atoms with Crippen LogP contribution in [0.15, 0.2) is 0 Å². The van der Waals surface area contributed by atoms with Gasteiger partial charge in [-0.2, -0.15) is 0 Å². The number of imide groups is 1. The molecule has 1 spiro atoms. The van der Waals surface area contributed by atoms with Crippen LogP contribution in [0.1, 0.15) is 59.3 Å². The molecule has 0 unspecified atom stereocenters. The first-order chi connectivity index (χ1) is 7.84. The van der Waals surface area contributed by atoms with Crippen molar-refractivity contribution in [3.63, 3.8) is 0 Å². The molecule has 17 heavy (non-hydrogen) atoms. The summed E-state index contributed by atoms with van der Waals surface area (Å²) in [6.07, 6.45) is 5.81. The fourth-order valence-electron chi connectivity index (χ4n) is 3.02. The van der Waals surface area contributed by atoms with Gasteiger partial charge in [0.2, 0.25) is 5.91 Å². The second-order valence-corrected chi connectivity index (χ2v) is 6.35. The molecule has 0 radical (unpaired) electrons. The van der Waals surface area contributed by atoms with E-state index in [4.69, 9.17) is 0 Å². The molecule has 1 N–H and O–H groups in total. The first-order valence-electron chi connectivity index (χ1n) is 6.49. The van der Waals surface area contributed by atoms with Crippen LogP contribution in [0.2, 0.25) is 0 Å². The standard InChI is InChI=1S/C13H22N2O2/c1-12(2,3)15-10(16)9-13(14-11(15)17)7-5-4-6-8-13/h4-9H2,1-3H3,(H,14,17). The molecule has 0 aromatic rings. The Kier molecular flexibility index (Phi) is 2.92. The maximum absolute atomic E-state index is 12.2. The summed E-state index contributed by atoms with van der Waals surface area (Å²) in [6.45, 7) is 5.68. The van der Waals surface area contributed by atoms with E-state index in [2.05, 4.69) is 5.32 Å². The smallest absolute Gasteiger partial charge is 0.325 e. The number of carbonyl (C=O) groups is 2. The highest BCUT2D eigenvalue weighted by atomic mass is 16.2. The van der Waals surface area contributed by atoms with Gasteiger partial charge in [0.1, 0.15) is 0 Å². The number of carbonyl (C=O) groups excluding carboxylic acids is 2. The Morgan fingerprint density at radius 3 is 2.18 bits per heavy atom. The number of nitrogens with one attached hydrogen (secondary N) is 1. The zero-order valence-electron chi connectivity index (χ0n) is 11.0. The largest absolute Gasteiger partial charge is 0.332 e. The van der Waals surface area contributed by atoms with Gasteiger partial charge in [-0.1, -0.05) is 19.3 Å². The molecule has 0 aromatic carbocycles. The molecule has 1 aliphatic carbocycles. The Morgan fingerprint density at radius 1 is 1.12 bits per heavy atom. The Hall–Kier alpha value is -1.06. The van der Waals surface area contributed by atoms with E-state index in [0.29, 0.717) is 6.42 Å². The van der Waals surface area contributed by atoms with E-state index in [1.807, 2.05) is 20.8 Å². The highest BCUT2D eigenvalue weighted by Crippen LogP contribution is 2.35. The maximum Gasteiger partial charge on any atom is 0.325 e. The van der Waals surface area contributed by atoms with Crippen LogP contribution in [0, 0.1) is 0 Å². The lowest BCUT2D eigenvalue weighted by molar-refractivity contribution is -0.136. The molecule has 2 fully saturated rings. The molecular formula is C13H22N2O2. The van der Waals surface area contributed by atoms with Gasteiger partial charge in [0, 0.05) is 5.54 Å². The van der Waals surface area contributed by atoms with Crippen molar-refractivity contribution < 1.29 is 9.59 Å². The molecule has 3 amide bonds. The minimum absolute atomic E-state index is 0.0249. The van der Waals surface area contributed by atoms with E-state index in [1.165, 1.54) is 11.3 Å². The van der Waals surface area contributed by atoms with Crippen LogP contribution in [0.25, 0.3) is 0 Å². The van der Waals surface area contributed by atoms with E-state index in [-0.39, 0.29) is 17.5 Å². The van der Waals surface area contributed by atoms with Crippen molar-refractivity contribution in [1.29, 1.82) is 0 Å². The van der Waals surface area contributed by atoms with Crippen LogP contribution in [-0.4, -0.2) is 27.9 Å². The lowest BCUT2D eigenvalue weighted by Gasteiger charge is -2.47. The first-order valence-corrected chi connectivity index (χ1v) is 6.49. The highest BCUT2D eigenvalue weighted by molar-refractivity contribution is 5.98. The number of urea groups is 1. The summed E-state index contributed by atoms with van der Waals surface area (Å²) in [7, 11) is 0. The molecular weight excluding hydrogens is 216 g/mol. The minimum Gasteiger partial charge on any atom is -0.332 e. The molecule has 96 valence electrons. The van der Waals surface area contributed by atoms with Gasteiger partial charge in [-0.05, 0) is 33.6 Å². The molecule has 1 heterocycles. The number of hydrogen-bond donors (Lipinski definition) is 1. The molecule has 0 aromatic heterocycles. The van der Waals surface area contributed by atoms with E-state index >= 15 is 0 Å². The summed E-state index contributed by atoms with van der Waals surface area (Å²) >= 11 is 0. The third-order valence-electron chi connectivity index (χ3n) is 3.80. The monoisotopic (exact) mass is 238 g/mol. The van der Waals surface area contributed by atoms with Gasteiger partial charge < -0.3 is 5.32 Å². The Morgan fingerprint density at radius 2 is 1.71 bits per heavy atom. The fourth-order valence-corrected chi connectivity index (χ4v) is 3.02. The molecule has 4 heteroatoms. The third-order valence-corrected chi connectivity index (χ3v) is 3.80. The summed E-state index contributed by atoms with van der Waals surface area (Å²) in [5.74, 6) is -0.0249. The molecule has 1 saturated heterocycles. The van der Waals surface area contributed by atoms with Crippen LogP contribution in [0.4, 0.5) is 4.79 Å². The second-order valence-electron chi connectivity index (χ2n) is 6.35. The Labute approximate surface area is 103 Å². The Balaban J connectivity index is 2.18. The van der Waals surface area contributed by atoms with Gasteiger partial charge in [-0.3, -0.25) is 9.69 Å². The molecule has 2 aliphatic rings. The lowest BCUT2D eigenvalue weighted by Crippen LogP contribution is -2.66. The number of nitrogens with zero attached hydrogens (tertiary/aromatic N) is 1. The molecule has 2 rings (SSSR count). The average Bonchev–Trinajstić information content (AvgIpc) is 2.14. The van der Waals surface area contributed by atoms with Gasteiger partial charge >= 0.3 is 6.03 Å². The molecule has 0 atom stereocenters. The number of hydrogen-bond acceptors (Lipinski definition) is 2. The SMILES string of the molecule is CC(C)(C)N1C(=O)CC2(CCCCC2)NC1=O. The van der Waals surface area contributed by atoms with Crippen LogP contribution in [0.5, 0.6) is 0 Å². The zero-order chi connectivity index (χ0) is 12.7.